The van der Waals surface area contributed by atoms with Crippen LogP contribution in [-0.2, 0) is 4.79 Å². The average Bonchev–Trinajstić information content (AvgIpc) is 2.66. The van der Waals surface area contributed by atoms with Crippen molar-refractivity contribution < 1.29 is 18.7 Å². The lowest BCUT2D eigenvalue weighted by atomic mass is 10.1. The quantitative estimate of drug-likeness (QED) is 0.736. The van der Waals surface area contributed by atoms with Gasteiger partial charge >= 0.3 is 0 Å². The van der Waals surface area contributed by atoms with Crippen molar-refractivity contribution in [2.45, 2.75) is 33.3 Å². The van der Waals surface area contributed by atoms with E-state index in [0.717, 1.165) is 0 Å². The standard InChI is InChI=1S/C21H25FN2O3/c1-4-19(27-16-11-9-15(22)10-12-16)21(26)24-18-8-6-5-7-17(18)20(25)23-13-14(2)3/h5-12,14,19H,4,13H2,1-3H3,(H,23,25)(H,24,26). The third-order valence-electron chi connectivity index (χ3n) is 3.86. The van der Waals surface area contributed by atoms with Gasteiger partial charge in [0, 0.05) is 6.54 Å². The number of amides is 2. The lowest BCUT2D eigenvalue weighted by Crippen LogP contribution is -2.34. The number of hydrogen-bond donors (Lipinski definition) is 2. The minimum atomic E-state index is -0.762. The van der Waals surface area contributed by atoms with E-state index in [0.29, 0.717) is 35.9 Å². The fourth-order valence-corrected chi connectivity index (χ4v) is 2.40. The lowest BCUT2D eigenvalue weighted by molar-refractivity contribution is -0.122. The van der Waals surface area contributed by atoms with Gasteiger partial charge in [0.05, 0.1) is 11.3 Å². The van der Waals surface area contributed by atoms with Crippen molar-refractivity contribution in [1.82, 2.24) is 5.32 Å². The van der Waals surface area contributed by atoms with Crippen LogP contribution in [0.4, 0.5) is 10.1 Å². The van der Waals surface area contributed by atoms with Gasteiger partial charge in [-0.05, 0) is 48.7 Å². The van der Waals surface area contributed by atoms with Gasteiger partial charge < -0.3 is 15.4 Å². The number of ether oxygens (including phenoxy) is 1. The number of para-hydroxylation sites is 1. The molecule has 5 nitrogen and oxygen atoms in total. The van der Waals surface area contributed by atoms with Crippen LogP contribution in [0, 0.1) is 11.7 Å². The molecule has 1 unspecified atom stereocenters. The Labute approximate surface area is 158 Å². The molecule has 2 N–H and O–H groups in total. The molecule has 0 bridgehead atoms. The zero-order valence-corrected chi connectivity index (χ0v) is 15.8. The number of rotatable bonds is 8. The topological polar surface area (TPSA) is 67.4 Å². The summed E-state index contributed by atoms with van der Waals surface area (Å²) in [6, 6.07) is 12.3. The molecule has 144 valence electrons. The number of carbonyl (C=O) groups excluding carboxylic acids is 2. The highest BCUT2D eigenvalue weighted by Gasteiger charge is 2.21. The zero-order valence-electron chi connectivity index (χ0n) is 15.8. The van der Waals surface area contributed by atoms with Gasteiger partial charge in [0.25, 0.3) is 11.8 Å². The molecule has 0 spiro atoms. The molecule has 0 aliphatic rings. The van der Waals surface area contributed by atoms with E-state index in [-0.39, 0.29) is 17.6 Å². The molecule has 6 heteroatoms. The first-order valence-corrected chi connectivity index (χ1v) is 9.01. The minimum Gasteiger partial charge on any atom is -0.481 e. The summed E-state index contributed by atoms with van der Waals surface area (Å²) in [4.78, 5) is 25.0. The molecule has 1 atom stereocenters. The third-order valence-corrected chi connectivity index (χ3v) is 3.86. The summed E-state index contributed by atoms with van der Waals surface area (Å²) in [6.07, 6.45) is -0.340. The second kappa shape index (κ2) is 9.71. The Balaban J connectivity index is 2.09. The summed E-state index contributed by atoms with van der Waals surface area (Å²) in [5, 5.41) is 5.61. The average molecular weight is 372 g/mol. The zero-order chi connectivity index (χ0) is 19.8. The van der Waals surface area contributed by atoms with Gasteiger partial charge in [-0.1, -0.05) is 32.9 Å². The Hall–Kier alpha value is -2.89. The molecule has 0 saturated carbocycles. The number of benzene rings is 2. The second-order valence-corrected chi connectivity index (χ2v) is 6.61. The third kappa shape index (κ3) is 6.09. The Morgan fingerprint density at radius 1 is 1.07 bits per heavy atom. The van der Waals surface area contributed by atoms with Crippen LogP contribution in [0.2, 0.25) is 0 Å². The van der Waals surface area contributed by atoms with Gasteiger partial charge in [-0.25, -0.2) is 4.39 Å². The largest absolute Gasteiger partial charge is 0.481 e. The van der Waals surface area contributed by atoms with Crippen LogP contribution < -0.4 is 15.4 Å². The Bertz CT molecular complexity index is 775. The van der Waals surface area contributed by atoms with Gasteiger partial charge in [-0.15, -0.1) is 0 Å². The highest BCUT2D eigenvalue weighted by Crippen LogP contribution is 2.18. The van der Waals surface area contributed by atoms with Crippen molar-refractivity contribution in [3.63, 3.8) is 0 Å². The monoisotopic (exact) mass is 372 g/mol. The van der Waals surface area contributed by atoms with Crippen LogP contribution in [0.15, 0.2) is 48.5 Å². The van der Waals surface area contributed by atoms with Crippen LogP contribution in [-0.4, -0.2) is 24.5 Å². The summed E-state index contributed by atoms with van der Waals surface area (Å²) >= 11 is 0. The highest BCUT2D eigenvalue weighted by molar-refractivity contribution is 6.04. The Kier molecular flexibility index (Phi) is 7.34. The van der Waals surface area contributed by atoms with Crippen LogP contribution in [0.1, 0.15) is 37.6 Å². The molecule has 0 radical (unpaired) electrons. The van der Waals surface area contributed by atoms with E-state index >= 15 is 0 Å². The maximum Gasteiger partial charge on any atom is 0.265 e. The predicted octanol–water partition coefficient (Wildman–Crippen LogP) is 4.01. The van der Waals surface area contributed by atoms with E-state index in [2.05, 4.69) is 10.6 Å². The number of carbonyl (C=O) groups is 2. The molecule has 0 heterocycles. The Morgan fingerprint density at radius 2 is 1.74 bits per heavy atom. The van der Waals surface area contributed by atoms with Crippen molar-refractivity contribution in [1.29, 1.82) is 0 Å². The van der Waals surface area contributed by atoms with Crippen molar-refractivity contribution in [2.24, 2.45) is 5.92 Å². The molecule has 2 amide bonds. The molecule has 2 aromatic rings. The van der Waals surface area contributed by atoms with Crippen LogP contribution in [0.25, 0.3) is 0 Å². The molecule has 0 aromatic heterocycles. The smallest absolute Gasteiger partial charge is 0.265 e. The molecule has 2 rings (SSSR count). The first kappa shape index (κ1) is 20.4. The van der Waals surface area contributed by atoms with Gasteiger partial charge in [0.2, 0.25) is 0 Å². The first-order chi connectivity index (χ1) is 12.9. The lowest BCUT2D eigenvalue weighted by Gasteiger charge is -2.18. The highest BCUT2D eigenvalue weighted by atomic mass is 19.1. The minimum absolute atomic E-state index is 0.243. The number of halogens is 1. The predicted molar refractivity (Wildman–Crippen MR) is 103 cm³/mol. The van der Waals surface area contributed by atoms with Crippen molar-refractivity contribution in [3.8, 4) is 5.75 Å². The molecule has 0 aliphatic heterocycles. The van der Waals surface area contributed by atoms with Gasteiger partial charge in [-0.2, -0.15) is 0 Å². The van der Waals surface area contributed by atoms with Crippen molar-refractivity contribution in [3.05, 3.63) is 59.9 Å². The summed E-state index contributed by atoms with van der Waals surface area (Å²) < 4.78 is 18.7. The van der Waals surface area contributed by atoms with E-state index < -0.39 is 6.10 Å². The molecule has 0 fully saturated rings. The molecular weight excluding hydrogens is 347 g/mol. The van der Waals surface area contributed by atoms with E-state index in [9.17, 15) is 14.0 Å². The fourth-order valence-electron chi connectivity index (χ4n) is 2.40. The van der Waals surface area contributed by atoms with Crippen LogP contribution in [0.5, 0.6) is 5.75 Å². The van der Waals surface area contributed by atoms with Gasteiger partial charge in [0.1, 0.15) is 11.6 Å². The Morgan fingerprint density at radius 3 is 2.37 bits per heavy atom. The molecule has 27 heavy (non-hydrogen) atoms. The van der Waals surface area contributed by atoms with Crippen LogP contribution >= 0.6 is 0 Å². The van der Waals surface area contributed by atoms with E-state index in [1.807, 2.05) is 20.8 Å². The van der Waals surface area contributed by atoms with E-state index in [1.165, 1.54) is 24.3 Å². The first-order valence-electron chi connectivity index (χ1n) is 9.01. The van der Waals surface area contributed by atoms with Gasteiger partial charge in [-0.3, -0.25) is 9.59 Å². The maximum atomic E-state index is 13.0. The summed E-state index contributed by atoms with van der Waals surface area (Å²) in [5.41, 5.74) is 0.813. The summed E-state index contributed by atoms with van der Waals surface area (Å²) in [7, 11) is 0. The molecule has 2 aromatic carbocycles. The second-order valence-electron chi connectivity index (χ2n) is 6.61. The molecule has 0 aliphatic carbocycles. The van der Waals surface area contributed by atoms with Crippen LogP contribution in [0.3, 0.4) is 0 Å². The van der Waals surface area contributed by atoms with Gasteiger partial charge in [0.15, 0.2) is 6.10 Å². The number of nitrogens with one attached hydrogen (secondary N) is 2. The van der Waals surface area contributed by atoms with E-state index in [1.54, 1.807) is 24.3 Å². The number of hydrogen-bond acceptors (Lipinski definition) is 3. The summed E-state index contributed by atoms with van der Waals surface area (Å²) in [6.45, 7) is 6.38. The van der Waals surface area contributed by atoms with Crippen molar-refractivity contribution in [2.75, 3.05) is 11.9 Å². The molecule has 0 saturated heterocycles. The summed E-state index contributed by atoms with van der Waals surface area (Å²) in [5.74, 6) is -0.259. The fraction of sp³-hybridized carbons (Fsp3) is 0.333. The maximum absolute atomic E-state index is 13.0. The normalized spacial score (nSPS) is 11.7. The molecular formula is C21H25FN2O3. The van der Waals surface area contributed by atoms with Crippen molar-refractivity contribution >= 4 is 17.5 Å². The number of anilines is 1. The van der Waals surface area contributed by atoms with E-state index in [4.69, 9.17) is 4.74 Å². The SMILES string of the molecule is CCC(Oc1ccc(F)cc1)C(=O)Nc1ccccc1C(=O)NCC(C)C.